The molecule has 2 nitrogen and oxygen atoms in total. The van der Waals surface area contributed by atoms with Crippen LogP contribution in [0.15, 0.2) is 0 Å². The Balaban J connectivity index is -0.000000224. The van der Waals surface area contributed by atoms with Crippen molar-refractivity contribution < 1.29 is 29.7 Å². The normalized spacial score (nSPS) is 15.9. The fraction of sp³-hybridized carbons (Fsp3) is 1.00. The first-order valence-corrected chi connectivity index (χ1v) is 7.14. The fourth-order valence-corrected chi connectivity index (χ4v) is 1.34. The molecule has 0 amide bonds. The molecule has 0 heterocycles. The van der Waals surface area contributed by atoms with Crippen molar-refractivity contribution in [2.24, 2.45) is 0 Å². The topological polar surface area (TPSA) is 35.0 Å². The van der Waals surface area contributed by atoms with Crippen LogP contribution in [-0.2, 0) is 0 Å². The van der Waals surface area contributed by atoms with Gasteiger partial charge in [0.05, 0.1) is 26.2 Å². The van der Waals surface area contributed by atoms with Gasteiger partial charge in [-0.2, -0.15) is 0 Å². The maximum Gasteiger partial charge on any atom is -0.344 e. The molecule has 0 unspecified atom stereocenters. The van der Waals surface area contributed by atoms with Crippen LogP contribution in [0.2, 0.25) is 0 Å². The van der Waals surface area contributed by atoms with Crippen LogP contribution < -0.4 is 6.15 Å². The van der Waals surface area contributed by atoms with Gasteiger partial charge in [0.2, 0.25) is 0 Å². The van der Waals surface area contributed by atoms with Crippen LogP contribution in [0, 0.1) is 0 Å². The van der Waals surface area contributed by atoms with Crippen molar-refractivity contribution in [2.75, 3.05) is 26.2 Å². The maximum atomic E-state index is 9.87. The molecule has 0 aromatic heterocycles. The third-order valence-corrected chi connectivity index (χ3v) is 2.68. The van der Waals surface area contributed by atoms with Gasteiger partial charge < -0.3 is 10.6 Å². The van der Waals surface area contributed by atoms with E-state index in [4.69, 9.17) is 0 Å². The molecule has 0 rings (SSSR count). The zero-order valence-corrected chi connectivity index (χ0v) is 11.6. The molecule has 0 aliphatic heterocycles. The molecule has 0 saturated carbocycles. The number of quaternary nitrogens is 1. The Labute approximate surface area is 98.4 Å². The molecule has 0 aliphatic rings. The number of hydrogen-bond donors (Lipinski definition) is 1. The van der Waals surface area contributed by atoms with E-state index in [0.29, 0.717) is 0 Å². The van der Waals surface area contributed by atoms with Crippen LogP contribution in [0.5, 0.6) is 0 Å². The van der Waals surface area contributed by atoms with Gasteiger partial charge in [-0.3, -0.25) is 0 Å². The summed E-state index contributed by atoms with van der Waals surface area (Å²) in [5.74, 6) is 0. The van der Waals surface area contributed by atoms with E-state index in [1.807, 2.05) is 0 Å². The minimum Gasteiger partial charge on any atom is -0.344 e. The second-order valence-electron chi connectivity index (χ2n) is 3.56. The standard InChI is InChI=1S/C8H20N.F6P.H3N/c1-5-9(6-2,7-3)8-4;1-7(2,3,4,5)6;/h5-8H2,1-4H3;;1H3/q+1;-1;. The average Bonchev–Trinajstić information content (AvgIpc) is 2.04. The SMILES string of the molecule is CC[N+](CC)(CC)CC.F[P-](F)(F)(F)(F)F.N. The van der Waals surface area contributed by atoms with Crippen molar-refractivity contribution in [3.8, 4) is 0 Å². The van der Waals surface area contributed by atoms with Crippen molar-refractivity contribution in [1.29, 1.82) is 0 Å². The zero-order valence-electron chi connectivity index (χ0n) is 10.7. The molecule has 0 aromatic rings. The van der Waals surface area contributed by atoms with E-state index in [2.05, 4.69) is 27.7 Å². The predicted octanol–water partition coefficient (Wildman–Crippen LogP) is 5.43. The summed E-state index contributed by atoms with van der Waals surface area (Å²) >= 11 is 0. The Morgan fingerprint density at radius 2 is 0.765 bits per heavy atom. The quantitative estimate of drug-likeness (QED) is 0.418. The van der Waals surface area contributed by atoms with Crippen molar-refractivity contribution in [2.45, 2.75) is 27.7 Å². The summed E-state index contributed by atoms with van der Waals surface area (Å²) in [7, 11) is -10.7. The van der Waals surface area contributed by atoms with Gasteiger partial charge in [0.15, 0.2) is 0 Å². The van der Waals surface area contributed by atoms with Crippen molar-refractivity contribution in [1.82, 2.24) is 6.15 Å². The third kappa shape index (κ3) is 21.7. The molecule has 0 bridgehead atoms. The Hall–Kier alpha value is -0.0700. The Morgan fingerprint density at radius 1 is 0.647 bits per heavy atom. The van der Waals surface area contributed by atoms with Gasteiger partial charge in [-0.05, 0) is 27.7 Å². The molecule has 0 saturated heterocycles. The smallest absolute Gasteiger partial charge is 0.344 e. The van der Waals surface area contributed by atoms with Crippen LogP contribution in [0.1, 0.15) is 27.7 Å². The molecule has 0 aromatic carbocycles. The van der Waals surface area contributed by atoms with Gasteiger partial charge >= 0.3 is 33.0 Å². The van der Waals surface area contributed by atoms with Crippen LogP contribution in [0.3, 0.4) is 0 Å². The van der Waals surface area contributed by atoms with E-state index >= 15 is 0 Å². The molecule has 0 spiro atoms. The molecule has 0 fully saturated rings. The third-order valence-electron chi connectivity index (χ3n) is 2.68. The van der Waals surface area contributed by atoms with Crippen LogP contribution >= 0.6 is 7.81 Å². The van der Waals surface area contributed by atoms with E-state index in [9.17, 15) is 25.2 Å². The van der Waals surface area contributed by atoms with Crippen LogP contribution in [0.4, 0.5) is 25.2 Å². The summed E-state index contributed by atoms with van der Waals surface area (Å²) in [6, 6.07) is 0. The summed E-state index contributed by atoms with van der Waals surface area (Å²) in [4.78, 5) is 0. The van der Waals surface area contributed by atoms with Crippen molar-refractivity contribution >= 4 is 7.81 Å². The van der Waals surface area contributed by atoms with Crippen molar-refractivity contribution in [3.05, 3.63) is 0 Å². The van der Waals surface area contributed by atoms with E-state index in [1.54, 1.807) is 0 Å². The Morgan fingerprint density at radius 3 is 0.765 bits per heavy atom. The number of halogens is 6. The monoisotopic (exact) mass is 292 g/mol. The largest absolute Gasteiger partial charge is 0.344 e. The summed E-state index contributed by atoms with van der Waals surface area (Å²) in [5.41, 5.74) is 0. The molecule has 17 heavy (non-hydrogen) atoms. The van der Waals surface area contributed by atoms with Gasteiger partial charge in [-0.15, -0.1) is 0 Å². The predicted molar refractivity (Wildman–Crippen MR) is 61.0 cm³/mol. The van der Waals surface area contributed by atoms with E-state index in [0.717, 1.165) is 0 Å². The molecule has 112 valence electrons. The molecule has 0 atom stereocenters. The average molecular weight is 292 g/mol. The van der Waals surface area contributed by atoms with Crippen LogP contribution in [0.25, 0.3) is 0 Å². The number of hydrogen-bond acceptors (Lipinski definition) is 1. The molecule has 9 heteroatoms. The minimum atomic E-state index is -10.7. The molecular formula is C8H23F6N2P. The van der Waals surface area contributed by atoms with E-state index < -0.39 is 7.81 Å². The summed E-state index contributed by atoms with van der Waals surface area (Å²) in [6.07, 6.45) is 0. The summed E-state index contributed by atoms with van der Waals surface area (Å²) in [5, 5.41) is 0. The summed E-state index contributed by atoms with van der Waals surface area (Å²) < 4.78 is 60.5. The zero-order chi connectivity index (χ0) is 13.7. The second kappa shape index (κ2) is 5.71. The van der Waals surface area contributed by atoms with Gasteiger partial charge in [0, 0.05) is 0 Å². The minimum absolute atomic E-state index is 0. The Kier molecular flexibility index (Phi) is 7.44. The second-order valence-corrected chi connectivity index (χ2v) is 5.48. The molecule has 0 aliphatic carbocycles. The fourth-order valence-electron chi connectivity index (χ4n) is 1.34. The van der Waals surface area contributed by atoms with E-state index in [-0.39, 0.29) is 6.15 Å². The van der Waals surface area contributed by atoms with Gasteiger partial charge in [0.1, 0.15) is 0 Å². The first kappa shape index (κ1) is 22.1. The van der Waals surface area contributed by atoms with Gasteiger partial charge in [-0.25, -0.2) is 0 Å². The van der Waals surface area contributed by atoms with Crippen molar-refractivity contribution in [3.63, 3.8) is 0 Å². The van der Waals surface area contributed by atoms with Gasteiger partial charge in [-0.1, -0.05) is 0 Å². The summed E-state index contributed by atoms with van der Waals surface area (Å²) in [6.45, 7) is 14.2. The molecule has 0 radical (unpaired) electrons. The molecular weight excluding hydrogens is 269 g/mol. The number of rotatable bonds is 4. The molecule has 3 N–H and O–H groups in total. The van der Waals surface area contributed by atoms with Gasteiger partial charge in [0.25, 0.3) is 0 Å². The first-order valence-electron chi connectivity index (χ1n) is 5.11. The maximum absolute atomic E-state index is 10.7. The van der Waals surface area contributed by atoms with E-state index in [1.165, 1.54) is 30.7 Å². The van der Waals surface area contributed by atoms with Crippen LogP contribution in [-0.4, -0.2) is 30.7 Å². The first-order chi connectivity index (χ1) is 6.69. The number of nitrogens with zero attached hydrogens (tertiary/aromatic N) is 1. The Bertz CT molecular complexity index is 178.